The van der Waals surface area contributed by atoms with Crippen LogP contribution < -0.4 is 0 Å². The molecule has 0 saturated heterocycles. The Labute approximate surface area is 92.7 Å². The van der Waals surface area contributed by atoms with Crippen LogP contribution in [0.2, 0.25) is 0 Å². The fourth-order valence-electron chi connectivity index (χ4n) is 1.78. The van der Waals surface area contributed by atoms with Crippen LogP contribution in [-0.4, -0.2) is 6.29 Å². The van der Waals surface area contributed by atoms with E-state index < -0.39 is 0 Å². The average molecular weight is 218 g/mol. The van der Waals surface area contributed by atoms with E-state index in [-0.39, 0.29) is 11.6 Å². The van der Waals surface area contributed by atoms with Crippen LogP contribution in [0.1, 0.15) is 21.7 Å². The summed E-state index contributed by atoms with van der Waals surface area (Å²) in [5.41, 5.74) is 2.07. The molecule has 0 atom stereocenters. The molecule has 0 amide bonds. The summed E-state index contributed by atoms with van der Waals surface area (Å²) < 4.78 is 19.0. The van der Waals surface area contributed by atoms with E-state index in [1.54, 1.807) is 6.07 Å². The lowest BCUT2D eigenvalue weighted by Crippen LogP contribution is -1.89. The van der Waals surface area contributed by atoms with Crippen LogP contribution in [0, 0.1) is 19.7 Å². The molecule has 2 nitrogen and oxygen atoms in total. The van der Waals surface area contributed by atoms with Gasteiger partial charge in [-0.05, 0) is 43.2 Å². The number of benzene rings is 1. The zero-order valence-electron chi connectivity index (χ0n) is 9.08. The molecule has 16 heavy (non-hydrogen) atoms. The third-order valence-electron chi connectivity index (χ3n) is 2.42. The zero-order valence-corrected chi connectivity index (χ0v) is 9.08. The van der Waals surface area contributed by atoms with Crippen LogP contribution in [0.15, 0.2) is 28.7 Å². The predicted molar refractivity (Wildman–Crippen MR) is 59.0 cm³/mol. The molecular weight excluding hydrogens is 207 g/mol. The number of aldehydes is 1. The Balaban J connectivity index is 2.59. The highest BCUT2D eigenvalue weighted by Crippen LogP contribution is 2.28. The first kappa shape index (κ1) is 10.6. The van der Waals surface area contributed by atoms with Gasteiger partial charge in [-0.1, -0.05) is 6.07 Å². The average Bonchev–Trinajstić information content (AvgIpc) is 2.64. The molecule has 2 aromatic rings. The van der Waals surface area contributed by atoms with Crippen molar-refractivity contribution in [1.82, 2.24) is 0 Å². The van der Waals surface area contributed by atoms with Gasteiger partial charge in [-0.3, -0.25) is 4.79 Å². The molecule has 0 unspecified atom stereocenters. The Morgan fingerprint density at radius 1 is 1.25 bits per heavy atom. The normalized spacial score (nSPS) is 10.4. The lowest BCUT2D eigenvalue weighted by atomic mass is 10.0. The van der Waals surface area contributed by atoms with Gasteiger partial charge in [0.1, 0.15) is 11.6 Å². The van der Waals surface area contributed by atoms with Gasteiger partial charge >= 0.3 is 0 Å². The molecule has 0 N–H and O–H groups in total. The van der Waals surface area contributed by atoms with Crippen LogP contribution in [0.3, 0.4) is 0 Å². The van der Waals surface area contributed by atoms with Gasteiger partial charge in [-0.15, -0.1) is 0 Å². The largest absolute Gasteiger partial charge is 0.453 e. The SMILES string of the molecule is Cc1cc(C)c(-c2ccc(C=O)o2)c(F)c1. The van der Waals surface area contributed by atoms with Gasteiger partial charge < -0.3 is 4.42 Å². The van der Waals surface area contributed by atoms with Crippen LogP contribution in [0.4, 0.5) is 4.39 Å². The van der Waals surface area contributed by atoms with Crippen molar-refractivity contribution < 1.29 is 13.6 Å². The van der Waals surface area contributed by atoms with Crippen molar-refractivity contribution in [3.63, 3.8) is 0 Å². The Hall–Kier alpha value is -1.90. The van der Waals surface area contributed by atoms with Crippen molar-refractivity contribution in [1.29, 1.82) is 0 Å². The molecule has 0 fully saturated rings. The molecule has 0 aliphatic heterocycles. The quantitative estimate of drug-likeness (QED) is 0.722. The summed E-state index contributed by atoms with van der Waals surface area (Å²) in [6, 6.07) is 6.46. The molecule has 0 aliphatic carbocycles. The van der Waals surface area contributed by atoms with Crippen molar-refractivity contribution in [2.24, 2.45) is 0 Å². The van der Waals surface area contributed by atoms with E-state index in [2.05, 4.69) is 0 Å². The summed E-state index contributed by atoms with van der Waals surface area (Å²) in [5, 5.41) is 0. The zero-order chi connectivity index (χ0) is 11.7. The maximum absolute atomic E-state index is 13.8. The third kappa shape index (κ3) is 1.76. The maximum Gasteiger partial charge on any atom is 0.185 e. The first-order valence-electron chi connectivity index (χ1n) is 4.94. The molecule has 3 heteroatoms. The van der Waals surface area contributed by atoms with Crippen LogP contribution in [0.25, 0.3) is 11.3 Å². The fourth-order valence-corrected chi connectivity index (χ4v) is 1.78. The van der Waals surface area contributed by atoms with E-state index in [1.807, 2.05) is 19.9 Å². The van der Waals surface area contributed by atoms with Gasteiger partial charge in [0.2, 0.25) is 0 Å². The van der Waals surface area contributed by atoms with Crippen molar-refractivity contribution in [2.75, 3.05) is 0 Å². The van der Waals surface area contributed by atoms with Crippen LogP contribution >= 0.6 is 0 Å². The third-order valence-corrected chi connectivity index (χ3v) is 2.42. The fraction of sp³-hybridized carbons (Fsp3) is 0.154. The van der Waals surface area contributed by atoms with E-state index in [0.29, 0.717) is 17.6 Å². The van der Waals surface area contributed by atoms with Gasteiger partial charge in [-0.2, -0.15) is 0 Å². The van der Waals surface area contributed by atoms with Crippen molar-refractivity contribution in [3.05, 3.63) is 47.0 Å². The molecule has 0 spiro atoms. The Bertz CT molecular complexity index is 518. The Morgan fingerprint density at radius 3 is 2.56 bits per heavy atom. The van der Waals surface area contributed by atoms with Crippen molar-refractivity contribution >= 4 is 6.29 Å². The van der Waals surface area contributed by atoms with Gasteiger partial charge in [0.15, 0.2) is 12.0 Å². The van der Waals surface area contributed by atoms with E-state index in [0.717, 1.165) is 11.1 Å². The number of carbonyl (C=O) groups excluding carboxylic acids is 1. The van der Waals surface area contributed by atoms with Gasteiger partial charge in [-0.25, -0.2) is 4.39 Å². The maximum atomic E-state index is 13.8. The summed E-state index contributed by atoms with van der Waals surface area (Å²) in [6.45, 7) is 3.65. The van der Waals surface area contributed by atoms with E-state index >= 15 is 0 Å². The van der Waals surface area contributed by atoms with E-state index in [1.165, 1.54) is 12.1 Å². The number of furan rings is 1. The lowest BCUT2D eigenvalue weighted by Gasteiger charge is -2.05. The highest BCUT2D eigenvalue weighted by Gasteiger charge is 2.13. The number of rotatable bonds is 2. The number of aryl methyl sites for hydroxylation is 2. The molecule has 0 bridgehead atoms. The Kier molecular flexibility index (Phi) is 2.60. The molecular formula is C13H11FO2. The van der Waals surface area contributed by atoms with E-state index in [9.17, 15) is 9.18 Å². The van der Waals surface area contributed by atoms with Gasteiger partial charge in [0.05, 0.1) is 5.56 Å². The molecule has 1 aromatic carbocycles. The number of hydrogen-bond donors (Lipinski definition) is 0. The molecule has 2 rings (SSSR count). The van der Waals surface area contributed by atoms with Crippen LogP contribution in [0.5, 0.6) is 0 Å². The molecule has 0 saturated carbocycles. The Morgan fingerprint density at radius 2 is 2.00 bits per heavy atom. The van der Waals surface area contributed by atoms with E-state index in [4.69, 9.17) is 4.42 Å². The standard InChI is InChI=1S/C13H11FO2/c1-8-5-9(2)13(11(14)6-8)12-4-3-10(7-15)16-12/h3-7H,1-2H3. The number of halogens is 1. The lowest BCUT2D eigenvalue weighted by molar-refractivity contribution is 0.110. The highest BCUT2D eigenvalue weighted by atomic mass is 19.1. The summed E-state index contributed by atoms with van der Waals surface area (Å²) >= 11 is 0. The summed E-state index contributed by atoms with van der Waals surface area (Å²) in [7, 11) is 0. The van der Waals surface area contributed by atoms with Gasteiger partial charge in [0.25, 0.3) is 0 Å². The molecule has 0 radical (unpaired) electrons. The second-order valence-corrected chi connectivity index (χ2v) is 3.76. The first-order chi connectivity index (χ1) is 7.61. The molecule has 82 valence electrons. The first-order valence-corrected chi connectivity index (χ1v) is 4.94. The number of hydrogen-bond acceptors (Lipinski definition) is 2. The molecule has 1 aromatic heterocycles. The summed E-state index contributed by atoms with van der Waals surface area (Å²) in [6.07, 6.45) is 0.602. The van der Waals surface area contributed by atoms with Crippen molar-refractivity contribution in [2.45, 2.75) is 13.8 Å². The predicted octanol–water partition coefficient (Wildman–Crippen LogP) is 3.52. The monoisotopic (exact) mass is 218 g/mol. The topological polar surface area (TPSA) is 30.2 Å². The van der Waals surface area contributed by atoms with Crippen molar-refractivity contribution in [3.8, 4) is 11.3 Å². The molecule has 1 heterocycles. The smallest absolute Gasteiger partial charge is 0.185 e. The summed E-state index contributed by atoms with van der Waals surface area (Å²) in [4.78, 5) is 10.5. The minimum Gasteiger partial charge on any atom is -0.453 e. The highest BCUT2D eigenvalue weighted by molar-refractivity contribution is 5.73. The minimum atomic E-state index is -0.329. The molecule has 0 aliphatic rings. The second-order valence-electron chi connectivity index (χ2n) is 3.76. The second kappa shape index (κ2) is 3.93. The minimum absolute atomic E-state index is 0.203. The van der Waals surface area contributed by atoms with Gasteiger partial charge in [0, 0.05) is 0 Å². The van der Waals surface area contributed by atoms with Crippen LogP contribution in [-0.2, 0) is 0 Å². The number of carbonyl (C=O) groups is 1. The summed E-state index contributed by atoms with van der Waals surface area (Å²) in [5.74, 6) is 0.260.